The van der Waals surface area contributed by atoms with Crippen LogP contribution in [0.25, 0.3) is 0 Å². The minimum atomic E-state index is 0.00751. The number of likely N-dealkylation sites (tertiary alicyclic amines) is 2. The Hall–Kier alpha value is -1.76. The highest BCUT2D eigenvalue weighted by Crippen LogP contribution is 2.26. The number of hydrogen-bond acceptors (Lipinski definition) is 5. The van der Waals surface area contributed by atoms with Crippen molar-refractivity contribution in [2.45, 2.75) is 58.2 Å². The Kier molecular flexibility index (Phi) is 7.18. The van der Waals surface area contributed by atoms with Crippen molar-refractivity contribution in [3.8, 4) is 0 Å². The van der Waals surface area contributed by atoms with Gasteiger partial charge in [0.15, 0.2) is 0 Å². The SMILES string of the molecule is Cc1ccccc1CN1CCC(N2CCC(C(=O)NC(C)c3nccs3)CC2)CC1. The molecule has 0 saturated carbocycles. The van der Waals surface area contributed by atoms with Gasteiger partial charge in [0.1, 0.15) is 5.01 Å². The van der Waals surface area contributed by atoms with Crippen molar-refractivity contribution in [3.05, 3.63) is 52.0 Å². The second-order valence-corrected chi connectivity index (χ2v) is 9.77. The number of carbonyl (C=O) groups excluding carboxylic acids is 1. The lowest BCUT2D eigenvalue weighted by atomic mass is 9.92. The van der Waals surface area contributed by atoms with Crippen LogP contribution < -0.4 is 5.32 Å². The molecule has 0 radical (unpaired) electrons. The molecule has 4 rings (SSSR count). The summed E-state index contributed by atoms with van der Waals surface area (Å²) < 4.78 is 0. The van der Waals surface area contributed by atoms with Crippen LogP contribution in [0.15, 0.2) is 35.8 Å². The van der Waals surface area contributed by atoms with E-state index in [-0.39, 0.29) is 17.9 Å². The maximum atomic E-state index is 12.7. The van der Waals surface area contributed by atoms with Gasteiger partial charge < -0.3 is 10.2 Å². The summed E-state index contributed by atoms with van der Waals surface area (Å²) in [6, 6.07) is 9.42. The highest BCUT2D eigenvalue weighted by molar-refractivity contribution is 7.09. The van der Waals surface area contributed by atoms with Crippen LogP contribution in [-0.2, 0) is 11.3 Å². The summed E-state index contributed by atoms with van der Waals surface area (Å²) in [4.78, 5) is 22.2. The van der Waals surface area contributed by atoms with Crippen LogP contribution in [0.3, 0.4) is 0 Å². The number of aryl methyl sites for hydroxylation is 1. The molecule has 3 heterocycles. The normalized spacial score (nSPS) is 20.9. The van der Waals surface area contributed by atoms with Crippen molar-refractivity contribution >= 4 is 17.2 Å². The van der Waals surface area contributed by atoms with Gasteiger partial charge in [-0.15, -0.1) is 11.3 Å². The van der Waals surface area contributed by atoms with Gasteiger partial charge in [-0.25, -0.2) is 4.98 Å². The lowest BCUT2D eigenvalue weighted by Crippen LogP contribution is -2.49. The Morgan fingerprint density at radius 3 is 2.57 bits per heavy atom. The van der Waals surface area contributed by atoms with Crippen molar-refractivity contribution in [1.82, 2.24) is 20.1 Å². The second-order valence-electron chi connectivity index (χ2n) is 8.84. The van der Waals surface area contributed by atoms with E-state index in [1.54, 1.807) is 17.5 Å². The van der Waals surface area contributed by atoms with E-state index < -0.39 is 0 Å². The highest BCUT2D eigenvalue weighted by Gasteiger charge is 2.31. The summed E-state index contributed by atoms with van der Waals surface area (Å²) in [6.45, 7) is 9.74. The monoisotopic (exact) mass is 426 g/mol. The molecule has 0 bridgehead atoms. The number of carbonyl (C=O) groups is 1. The van der Waals surface area contributed by atoms with Crippen molar-refractivity contribution < 1.29 is 4.79 Å². The van der Waals surface area contributed by atoms with Gasteiger partial charge in [0.05, 0.1) is 6.04 Å². The molecule has 2 saturated heterocycles. The first kappa shape index (κ1) is 21.5. The third-order valence-electron chi connectivity index (χ3n) is 6.81. The molecule has 6 heteroatoms. The van der Waals surface area contributed by atoms with E-state index in [2.05, 4.69) is 51.3 Å². The Morgan fingerprint density at radius 2 is 1.90 bits per heavy atom. The number of nitrogens with one attached hydrogen (secondary N) is 1. The molecular weight excluding hydrogens is 392 g/mol. The number of piperidine rings is 2. The van der Waals surface area contributed by atoms with E-state index >= 15 is 0 Å². The van der Waals surface area contributed by atoms with Crippen LogP contribution >= 0.6 is 11.3 Å². The molecule has 1 N–H and O–H groups in total. The molecule has 2 aliphatic heterocycles. The van der Waals surface area contributed by atoms with E-state index in [4.69, 9.17) is 0 Å². The van der Waals surface area contributed by atoms with Gasteiger partial charge in [-0.3, -0.25) is 9.69 Å². The molecular formula is C24H34N4OS. The lowest BCUT2D eigenvalue weighted by molar-refractivity contribution is -0.127. The maximum Gasteiger partial charge on any atom is 0.223 e. The van der Waals surface area contributed by atoms with E-state index in [0.29, 0.717) is 6.04 Å². The van der Waals surface area contributed by atoms with Crippen LogP contribution in [0.1, 0.15) is 54.8 Å². The number of amides is 1. The zero-order chi connectivity index (χ0) is 20.9. The minimum absolute atomic E-state index is 0.00751. The van der Waals surface area contributed by atoms with Crippen molar-refractivity contribution in [3.63, 3.8) is 0 Å². The molecule has 1 aromatic heterocycles. The number of thiazole rings is 1. The fourth-order valence-corrected chi connectivity index (χ4v) is 5.48. The molecule has 30 heavy (non-hydrogen) atoms. The number of nitrogens with zero attached hydrogens (tertiary/aromatic N) is 3. The number of aromatic nitrogens is 1. The Labute approximate surface area is 184 Å². The summed E-state index contributed by atoms with van der Waals surface area (Å²) in [6.07, 6.45) is 6.22. The molecule has 0 spiro atoms. The van der Waals surface area contributed by atoms with Crippen molar-refractivity contribution in [1.29, 1.82) is 0 Å². The van der Waals surface area contributed by atoms with Gasteiger partial charge in [-0.05, 0) is 76.8 Å². The third-order valence-corrected chi connectivity index (χ3v) is 7.77. The lowest BCUT2D eigenvalue weighted by Gasteiger charge is -2.41. The molecule has 1 unspecified atom stereocenters. The average Bonchev–Trinajstić information content (AvgIpc) is 3.31. The first-order chi connectivity index (χ1) is 14.6. The van der Waals surface area contributed by atoms with E-state index in [9.17, 15) is 4.79 Å². The topological polar surface area (TPSA) is 48.5 Å². The zero-order valence-corrected chi connectivity index (χ0v) is 19.0. The van der Waals surface area contributed by atoms with Gasteiger partial charge >= 0.3 is 0 Å². The summed E-state index contributed by atoms with van der Waals surface area (Å²) in [5, 5.41) is 6.11. The van der Waals surface area contributed by atoms with Crippen LogP contribution in [-0.4, -0.2) is 52.9 Å². The van der Waals surface area contributed by atoms with Crippen LogP contribution in [0.4, 0.5) is 0 Å². The number of benzene rings is 1. The predicted molar refractivity (Wildman–Crippen MR) is 122 cm³/mol. The van der Waals surface area contributed by atoms with Gasteiger partial charge in [0.25, 0.3) is 0 Å². The van der Waals surface area contributed by atoms with E-state index in [0.717, 1.165) is 37.5 Å². The second kappa shape index (κ2) is 10.0. The first-order valence-electron chi connectivity index (χ1n) is 11.3. The number of rotatable bonds is 6. The standard InChI is InChI=1S/C24H34N4OS/c1-18-5-3-4-6-21(18)17-27-12-9-22(10-13-27)28-14-7-20(8-15-28)23(29)26-19(2)24-25-11-16-30-24/h3-6,11,16,19-20,22H,7-10,12-15,17H2,1-2H3,(H,26,29). The summed E-state index contributed by atoms with van der Waals surface area (Å²) >= 11 is 1.60. The van der Waals surface area contributed by atoms with Crippen molar-refractivity contribution in [2.75, 3.05) is 26.2 Å². The molecule has 2 aliphatic rings. The molecule has 1 atom stereocenters. The molecule has 5 nitrogen and oxygen atoms in total. The van der Waals surface area contributed by atoms with Gasteiger partial charge in [-0.2, -0.15) is 0 Å². The average molecular weight is 427 g/mol. The number of hydrogen-bond donors (Lipinski definition) is 1. The van der Waals surface area contributed by atoms with Gasteiger partial charge in [-0.1, -0.05) is 24.3 Å². The van der Waals surface area contributed by atoms with Gasteiger partial charge in [0, 0.05) is 30.1 Å². The molecule has 2 aromatic rings. The molecule has 0 aliphatic carbocycles. The third kappa shape index (κ3) is 5.29. The largest absolute Gasteiger partial charge is 0.347 e. The predicted octanol–water partition coefficient (Wildman–Crippen LogP) is 4.01. The van der Waals surface area contributed by atoms with Crippen molar-refractivity contribution in [2.24, 2.45) is 5.92 Å². The molecule has 1 aromatic carbocycles. The van der Waals surface area contributed by atoms with Crippen LogP contribution in [0, 0.1) is 12.8 Å². The van der Waals surface area contributed by atoms with Crippen LogP contribution in [0.5, 0.6) is 0 Å². The first-order valence-corrected chi connectivity index (χ1v) is 12.2. The molecule has 2 fully saturated rings. The molecule has 1 amide bonds. The smallest absolute Gasteiger partial charge is 0.223 e. The molecule has 162 valence electrons. The van der Waals surface area contributed by atoms with Crippen LogP contribution in [0.2, 0.25) is 0 Å². The Balaban J connectivity index is 1.19. The van der Waals surface area contributed by atoms with E-state index in [1.807, 2.05) is 12.3 Å². The quantitative estimate of drug-likeness (QED) is 0.758. The van der Waals surface area contributed by atoms with Gasteiger partial charge in [0.2, 0.25) is 5.91 Å². The maximum absolute atomic E-state index is 12.7. The van der Waals surface area contributed by atoms with E-state index in [1.165, 1.54) is 37.1 Å². The zero-order valence-electron chi connectivity index (χ0n) is 18.2. The minimum Gasteiger partial charge on any atom is -0.347 e. The Bertz CT molecular complexity index is 808. The summed E-state index contributed by atoms with van der Waals surface area (Å²) in [5.74, 6) is 0.343. The fraction of sp³-hybridized carbons (Fsp3) is 0.583. The highest BCUT2D eigenvalue weighted by atomic mass is 32.1. The Morgan fingerprint density at radius 1 is 1.17 bits per heavy atom. The summed E-state index contributed by atoms with van der Waals surface area (Å²) in [7, 11) is 0. The summed E-state index contributed by atoms with van der Waals surface area (Å²) in [5.41, 5.74) is 2.85. The fourth-order valence-electron chi connectivity index (χ4n) is 4.84.